The van der Waals surface area contributed by atoms with Gasteiger partial charge in [0.2, 0.25) is 11.1 Å². The van der Waals surface area contributed by atoms with Crippen LogP contribution in [0.5, 0.6) is 17.2 Å². The molecule has 8 nitrogen and oxygen atoms in total. The quantitative estimate of drug-likeness (QED) is 0.525. The summed E-state index contributed by atoms with van der Waals surface area (Å²) in [6.07, 6.45) is 0. The molecule has 0 aliphatic carbocycles. The van der Waals surface area contributed by atoms with Crippen molar-refractivity contribution in [2.24, 2.45) is 0 Å². The number of H-pyrrole nitrogens is 1. The number of hydrogen-bond donors (Lipinski definition) is 2. The fourth-order valence-electron chi connectivity index (χ4n) is 2.78. The van der Waals surface area contributed by atoms with E-state index in [4.69, 9.17) is 14.2 Å². The predicted octanol–water partition coefficient (Wildman–Crippen LogP) is 3.93. The Bertz CT molecular complexity index is 1040. The average Bonchev–Trinajstić information content (AvgIpc) is 3.21. The number of amides is 1. The van der Waals surface area contributed by atoms with Gasteiger partial charge in [0.15, 0.2) is 5.82 Å². The number of benzene rings is 2. The molecule has 0 aliphatic rings. The largest absolute Gasteiger partial charge is 0.497 e. The number of nitrogens with zero attached hydrogens (tertiary/aromatic N) is 2. The van der Waals surface area contributed by atoms with Gasteiger partial charge in [0, 0.05) is 6.07 Å². The van der Waals surface area contributed by atoms with E-state index >= 15 is 0 Å². The molecule has 0 aliphatic heterocycles. The highest BCUT2D eigenvalue weighted by Crippen LogP contribution is 2.33. The summed E-state index contributed by atoms with van der Waals surface area (Å²) in [6.45, 7) is 3.75. The van der Waals surface area contributed by atoms with Gasteiger partial charge >= 0.3 is 0 Å². The number of methoxy groups -OCH3 is 3. The second-order valence-electron chi connectivity index (χ2n) is 6.49. The van der Waals surface area contributed by atoms with Crippen molar-refractivity contribution >= 4 is 23.4 Å². The number of nitrogens with one attached hydrogen (secondary N) is 2. The van der Waals surface area contributed by atoms with Gasteiger partial charge in [-0.1, -0.05) is 17.8 Å². The third-order valence-corrected chi connectivity index (χ3v) is 5.35. The number of anilines is 1. The fourth-order valence-corrected chi connectivity index (χ4v) is 3.50. The van der Waals surface area contributed by atoms with E-state index in [1.807, 2.05) is 37.3 Å². The zero-order chi connectivity index (χ0) is 21.7. The van der Waals surface area contributed by atoms with Gasteiger partial charge < -0.3 is 19.5 Å². The fraction of sp³-hybridized carbons (Fsp3) is 0.286. The van der Waals surface area contributed by atoms with Crippen molar-refractivity contribution in [3.8, 4) is 28.6 Å². The lowest BCUT2D eigenvalue weighted by atomic mass is 10.2. The van der Waals surface area contributed by atoms with Crippen LogP contribution in [0.2, 0.25) is 0 Å². The van der Waals surface area contributed by atoms with Crippen molar-refractivity contribution in [2.45, 2.75) is 24.3 Å². The molecule has 3 aromatic rings. The Balaban J connectivity index is 1.71. The van der Waals surface area contributed by atoms with Crippen LogP contribution in [0.4, 0.5) is 5.69 Å². The van der Waals surface area contributed by atoms with Gasteiger partial charge in [-0.2, -0.15) is 0 Å². The van der Waals surface area contributed by atoms with Crippen LogP contribution in [0, 0.1) is 6.92 Å². The Labute approximate surface area is 179 Å². The zero-order valence-corrected chi connectivity index (χ0v) is 18.3. The summed E-state index contributed by atoms with van der Waals surface area (Å²) < 4.78 is 16.0. The molecule has 0 saturated carbocycles. The molecule has 3 rings (SSSR count). The number of carbonyl (C=O) groups excluding carboxylic acids is 1. The Kier molecular flexibility index (Phi) is 6.83. The molecule has 2 aromatic carbocycles. The SMILES string of the molecule is COc1ccc(-c2nc(SC(C)C(=O)Nc3cc(C)ccc3OC)n[nH]2)c(OC)c1. The van der Waals surface area contributed by atoms with E-state index < -0.39 is 5.25 Å². The normalized spacial score (nSPS) is 11.6. The van der Waals surface area contributed by atoms with E-state index in [0.717, 1.165) is 11.1 Å². The Morgan fingerprint density at radius 2 is 1.83 bits per heavy atom. The molecule has 1 heterocycles. The summed E-state index contributed by atoms with van der Waals surface area (Å²) in [7, 11) is 4.74. The number of rotatable bonds is 8. The maximum Gasteiger partial charge on any atom is 0.237 e. The second kappa shape index (κ2) is 9.53. The van der Waals surface area contributed by atoms with Crippen LogP contribution in [0.15, 0.2) is 41.6 Å². The highest BCUT2D eigenvalue weighted by Gasteiger charge is 2.20. The molecule has 0 fully saturated rings. The molecule has 1 aromatic heterocycles. The van der Waals surface area contributed by atoms with Gasteiger partial charge in [-0.15, -0.1) is 5.10 Å². The third kappa shape index (κ3) is 4.85. The minimum Gasteiger partial charge on any atom is -0.497 e. The molecular formula is C21H24N4O4S. The molecule has 1 atom stereocenters. The molecule has 30 heavy (non-hydrogen) atoms. The monoisotopic (exact) mass is 428 g/mol. The number of thioether (sulfide) groups is 1. The van der Waals surface area contributed by atoms with Crippen molar-refractivity contribution in [3.63, 3.8) is 0 Å². The minimum atomic E-state index is -0.420. The number of ether oxygens (including phenoxy) is 3. The first-order valence-electron chi connectivity index (χ1n) is 9.22. The van der Waals surface area contributed by atoms with Crippen LogP contribution < -0.4 is 19.5 Å². The molecular weight excluding hydrogens is 404 g/mol. The van der Waals surface area contributed by atoms with Crippen molar-refractivity contribution < 1.29 is 19.0 Å². The average molecular weight is 429 g/mol. The molecule has 0 radical (unpaired) electrons. The first-order chi connectivity index (χ1) is 14.4. The first-order valence-corrected chi connectivity index (χ1v) is 10.1. The molecule has 1 amide bonds. The van der Waals surface area contributed by atoms with E-state index in [9.17, 15) is 4.79 Å². The van der Waals surface area contributed by atoms with E-state index in [1.165, 1.54) is 11.8 Å². The highest BCUT2D eigenvalue weighted by atomic mass is 32.2. The van der Waals surface area contributed by atoms with Crippen LogP contribution in [0.3, 0.4) is 0 Å². The van der Waals surface area contributed by atoms with Crippen LogP contribution in [0.25, 0.3) is 11.4 Å². The van der Waals surface area contributed by atoms with Crippen LogP contribution >= 0.6 is 11.8 Å². The summed E-state index contributed by atoms with van der Waals surface area (Å²) in [5.74, 6) is 2.28. The van der Waals surface area contributed by atoms with Gasteiger partial charge in [0.05, 0.1) is 37.8 Å². The summed E-state index contributed by atoms with van der Waals surface area (Å²) in [6, 6.07) is 11.1. The Morgan fingerprint density at radius 3 is 2.53 bits per heavy atom. The topological polar surface area (TPSA) is 98.4 Å². The van der Waals surface area contributed by atoms with Gasteiger partial charge in [-0.3, -0.25) is 9.89 Å². The molecule has 0 bridgehead atoms. The number of hydrogen-bond acceptors (Lipinski definition) is 7. The highest BCUT2D eigenvalue weighted by molar-refractivity contribution is 8.00. The van der Waals surface area contributed by atoms with E-state index in [1.54, 1.807) is 34.3 Å². The van der Waals surface area contributed by atoms with Crippen LogP contribution in [-0.4, -0.2) is 47.7 Å². The lowest BCUT2D eigenvalue weighted by Gasteiger charge is -2.13. The number of aryl methyl sites for hydroxylation is 1. The molecule has 1 unspecified atom stereocenters. The van der Waals surface area contributed by atoms with Crippen LogP contribution in [-0.2, 0) is 4.79 Å². The molecule has 158 valence electrons. The van der Waals surface area contributed by atoms with Crippen molar-refractivity contribution in [1.29, 1.82) is 0 Å². The smallest absolute Gasteiger partial charge is 0.237 e. The maximum atomic E-state index is 12.7. The predicted molar refractivity (Wildman–Crippen MR) is 117 cm³/mol. The van der Waals surface area contributed by atoms with E-state index in [2.05, 4.69) is 20.5 Å². The number of carbonyl (C=O) groups is 1. The van der Waals surface area contributed by atoms with Crippen molar-refractivity contribution in [2.75, 3.05) is 26.6 Å². The minimum absolute atomic E-state index is 0.169. The van der Waals surface area contributed by atoms with Gasteiger partial charge in [0.1, 0.15) is 17.2 Å². The lowest BCUT2D eigenvalue weighted by Crippen LogP contribution is -2.22. The summed E-state index contributed by atoms with van der Waals surface area (Å²) in [4.78, 5) is 17.1. The van der Waals surface area contributed by atoms with Crippen LogP contribution in [0.1, 0.15) is 12.5 Å². The van der Waals surface area contributed by atoms with Gasteiger partial charge in [-0.05, 0) is 43.7 Å². The summed E-state index contributed by atoms with van der Waals surface area (Å²) in [5.41, 5.74) is 2.41. The van der Waals surface area contributed by atoms with Crippen molar-refractivity contribution in [1.82, 2.24) is 15.2 Å². The molecule has 0 saturated heterocycles. The Hall–Kier alpha value is -3.20. The molecule has 0 spiro atoms. The molecule has 9 heteroatoms. The van der Waals surface area contributed by atoms with Gasteiger partial charge in [0.25, 0.3) is 0 Å². The zero-order valence-electron chi connectivity index (χ0n) is 17.5. The van der Waals surface area contributed by atoms with Crippen molar-refractivity contribution in [3.05, 3.63) is 42.0 Å². The summed E-state index contributed by atoms with van der Waals surface area (Å²) >= 11 is 1.25. The first kappa shape index (κ1) is 21.5. The lowest BCUT2D eigenvalue weighted by molar-refractivity contribution is -0.115. The number of aromatic amines is 1. The second-order valence-corrected chi connectivity index (χ2v) is 7.79. The van der Waals surface area contributed by atoms with E-state index in [-0.39, 0.29) is 5.91 Å². The third-order valence-electron chi connectivity index (χ3n) is 4.39. The summed E-state index contributed by atoms with van der Waals surface area (Å²) in [5, 5.41) is 10.1. The Morgan fingerprint density at radius 1 is 1.07 bits per heavy atom. The number of aromatic nitrogens is 3. The maximum absolute atomic E-state index is 12.7. The molecule has 2 N–H and O–H groups in total. The standard InChI is InChI=1S/C21H24N4O4S/c1-12-6-9-17(28-4)16(10-12)22-20(26)13(2)30-21-23-19(24-25-21)15-8-7-14(27-3)11-18(15)29-5/h6-11,13H,1-5H3,(H,22,26)(H,23,24,25). The van der Waals surface area contributed by atoms with Gasteiger partial charge in [-0.25, -0.2) is 4.98 Å². The van der Waals surface area contributed by atoms with E-state index in [0.29, 0.717) is 33.9 Å².